The first-order valence-corrected chi connectivity index (χ1v) is 15.8. The molecule has 2 saturated heterocycles. The van der Waals surface area contributed by atoms with E-state index in [9.17, 15) is 40.5 Å². The number of nitrogens with one attached hydrogen (secondary N) is 2. The van der Waals surface area contributed by atoms with Crippen molar-refractivity contribution >= 4 is 5.91 Å². The van der Waals surface area contributed by atoms with Crippen LogP contribution in [-0.4, -0.2) is 171 Å². The van der Waals surface area contributed by atoms with Gasteiger partial charge in [0.05, 0.1) is 43.0 Å². The van der Waals surface area contributed by atoms with Crippen molar-refractivity contribution in [3.63, 3.8) is 0 Å². The first kappa shape index (κ1) is 37.6. The van der Waals surface area contributed by atoms with Crippen LogP contribution in [0.3, 0.4) is 0 Å². The maximum Gasteiger partial charge on any atom is 0.252 e. The number of amides is 1. The highest BCUT2D eigenvalue weighted by Gasteiger charge is 2.54. The molecule has 19 heteroatoms. The summed E-state index contributed by atoms with van der Waals surface area (Å²) < 4.78 is 23.8. The molecule has 0 bridgehead atoms. The lowest BCUT2D eigenvalue weighted by Gasteiger charge is -2.49. The molecular weight excluding hydrogens is 614 g/mol. The van der Waals surface area contributed by atoms with Crippen molar-refractivity contribution in [3.05, 3.63) is 0 Å². The molecule has 0 spiro atoms. The van der Waals surface area contributed by atoms with Gasteiger partial charge in [0.15, 0.2) is 12.6 Å². The monoisotopic (exact) mass is 667 g/mol. The zero-order valence-electron chi connectivity index (χ0n) is 25.7. The van der Waals surface area contributed by atoms with E-state index in [0.717, 1.165) is 0 Å². The quantitative estimate of drug-likeness (QED) is 0.0866. The van der Waals surface area contributed by atoms with Gasteiger partial charge in [-0.2, -0.15) is 0 Å². The number of hydrogen-bond donors (Lipinski definition) is 14. The second-order valence-electron chi connectivity index (χ2n) is 13.0. The Labute approximate surface area is 266 Å². The van der Waals surface area contributed by atoms with Crippen molar-refractivity contribution in [1.29, 1.82) is 0 Å². The fourth-order valence-electron chi connectivity index (χ4n) is 6.55. The smallest absolute Gasteiger partial charge is 0.252 e. The van der Waals surface area contributed by atoms with Crippen LogP contribution in [0.2, 0.25) is 0 Å². The first-order chi connectivity index (χ1) is 21.7. The second kappa shape index (κ2) is 16.0. The molecule has 4 rings (SSSR count). The zero-order chi connectivity index (χ0) is 33.9. The van der Waals surface area contributed by atoms with Crippen molar-refractivity contribution in [1.82, 2.24) is 10.6 Å². The van der Waals surface area contributed by atoms with Gasteiger partial charge in [-0.15, -0.1) is 0 Å². The topological polar surface area (TPSA) is 350 Å². The largest absolute Gasteiger partial charge is 0.394 e. The van der Waals surface area contributed by atoms with Crippen LogP contribution in [0.5, 0.6) is 0 Å². The summed E-state index contributed by atoms with van der Waals surface area (Å²) in [4.78, 5) is 13.1. The molecule has 19 nitrogen and oxygen atoms in total. The normalized spacial score (nSPS) is 47.2. The van der Waals surface area contributed by atoms with Crippen LogP contribution in [0.1, 0.15) is 32.1 Å². The van der Waals surface area contributed by atoms with Crippen LogP contribution in [-0.2, 0) is 23.7 Å². The summed E-state index contributed by atoms with van der Waals surface area (Å²) in [7, 11) is 0. The van der Waals surface area contributed by atoms with Gasteiger partial charge in [0.2, 0.25) is 0 Å². The van der Waals surface area contributed by atoms with Gasteiger partial charge in [-0.05, 0) is 25.8 Å². The molecule has 0 aromatic heterocycles. The number of rotatable bonds is 13. The van der Waals surface area contributed by atoms with E-state index >= 15 is 0 Å². The molecule has 2 heterocycles. The van der Waals surface area contributed by atoms with Gasteiger partial charge in [0.25, 0.3) is 5.91 Å². The molecule has 0 radical (unpaired) electrons. The lowest BCUT2D eigenvalue weighted by atomic mass is 9.75. The van der Waals surface area contributed by atoms with Crippen LogP contribution in [0.4, 0.5) is 0 Å². The second-order valence-corrected chi connectivity index (χ2v) is 13.0. The molecule has 268 valence electrons. The molecule has 2 unspecified atom stereocenters. The molecule has 2 saturated carbocycles. The van der Waals surface area contributed by atoms with Crippen LogP contribution < -0.4 is 39.3 Å². The highest BCUT2D eigenvalue weighted by atomic mass is 16.7. The third-order valence-electron chi connectivity index (χ3n) is 9.39. The number of carbonyl (C=O) groups is 1. The van der Waals surface area contributed by atoms with E-state index in [0.29, 0.717) is 6.42 Å². The highest BCUT2D eigenvalue weighted by molar-refractivity contribution is 5.86. The van der Waals surface area contributed by atoms with Gasteiger partial charge in [-0.3, -0.25) is 4.79 Å². The Hall–Kier alpha value is -1.21. The van der Waals surface area contributed by atoms with E-state index in [2.05, 4.69) is 10.6 Å². The van der Waals surface area contributed by atoms with Crippen LogP contribution in [0, 0.1) is 0 Å². The standard InChI is InChI=1S/C27H53N7O12/c28-2-1-11(36)8-33-14-4-15(37)16(7-29)43-24(14)45-22-12(31)3-13(34-26(41)27(42)5-10(30)6-27)23(21(22)40)46-25-20(39)18(32)19(38)17(9-35)44-25/h10-25,33,35-40,42H,1-9,28-32H2,(H,34,41)/t10?,11?,12-,13+,14+,15-,16+,17+,18-,19+,20+,21-,22?,23-,24+,25+,27?/m0/s1. The van der Waals surface area contributed by atoms with E-state index in [4.69, 9.17) is 47.6 Å². The van der Waals surface area contributed by atoms with Crippen molar-refractivity contribution < 1.29 is 59.5 Å². The summed E-state index contributed by atoms with van der Waals surface area (Å²) in [5.74, 6) is -0.757. The molecule has 2 aliphatic carbocycles. The number of hydrogen-bond acceptors (Lipinski definition) is 18. The average Bonchev–Trinajstić information content (AvgIpc) is 2.99. The molecule has 2 aliphatic heterocycles. The molecule has 1 amide bonds. The Morgan fingerprint density at radius 3 is 2.17 bits per heavy atom. The van der Waals surface area contributed by atoms with Gasteiger partial charge in [0.1, 0.15) is 42.2 Å². The van der Waals surface area contributed by atoms with Crippen molar-refractivity contribution in [2.75, 3.05) is 26.2 Å². The summed E-state index contributed by atoms with van der Waals surface area (Å²) >= 11 is 0. The Morgan fingerprint density at radius 1 is 0.913 bits per heavy atom. The van der Waals surface area contributed by atoms with Crippen LogP contribution in [0.15, 0.2) is 0 Å². The fraction of sp³-hybridized carbons (Fsp3) is 0.963. The van der Waals surface area contributed by atoms with E-state index in [1.807, 2.05) is 0 Å². The Kier molecular flexibility index (Phi) is 13.1. The Morgan fingerprint density at radius 2 is 1.57 bits per heavy atom. The molecule has 0 aromatic carbocycles. The number of aliphatic hydroxyl groups excluding tert-OH is 6. The molecule has 0 aromatic rings. The Bertz CT molecular complexity index is 983. The lowest BCUT2D eigenvalue weighted by Crippen LogP contribution is -2.70. The number of carbonyl (C=O) groups excluding carboxylic acids is 1. The van der Waals surface area contributed by atoms with Crippen molar-refractivity contribution in [2.24, 2.45) is 28.7 Å². The molecule has 4 fully saturated rings. The maximum absolute atomic E-state index is 13.1. The molecular formula is C27H53N7O12. The summed E-state index contributed by atoms with van der Waals surface area (Å²) in [6, 6.07) is -4.31. The van der Waals surface area contributed by atoms with Gasteiger partial charge >= 0.3 is 0 Å². The minimum absolute atomic E-state index is 0.0222. The first-order valence-electron chi connectivity index (χ1n) is 15.8. The minimum Gasteiger partial charge on any atom is -0.394 e. The molecule has 46 heavy (non-hydrogen) atoms. The third-order valence-corrected chi connectivity index (χ3v) is 9.39. The summed E-state index contributed by atoms with van der Waals surface area (Å²) in [5.41, 5.74) is 27.8. The summed E-state index contributed by atoms with van der Waals surface area (Å²) in [6.07, 6.45) is -13.2. The zero-order valence-corrected chi connectivity index (χ0v) is 25.7. The average molecular weight is 668 g/mol. The molecule has 19 N–H and O–H groups in total. The highest BCUT2D eigenvalue weighted by Crippen LogP contribution is 2.34. The molecule has 4 aliphatic rings. The number of nitrogens with two attached hydrogens (primary N) is 5. The third kappa shape index (κ3) is 8.32. The molecule has 15 atom stereocenters. The van der Waals surface area contributed by atoms with E-state index in [1.54, 1.807) is 0 Å². The lowest BCUT2D eigenvalue weighted by molar-refractivity contribution is -0.316. The number of ether oxygens (including phenoxy) is 4. The van der Waals surface area contributed by atoms with Crippen molar-refractivity contribution in [3.8, 4) is 0 Å². The minimum atomic E-state index is -1.73. The van der Waals surface area contributed by atoms with Gasteiger partial charge in [0, 0.05) is 38.0 Å². The Balaban J connectivity index is 1.56. The van der Waals surface area contributed by atoms with Gasteiger partial charge in [-0.1, -0.05) is 0 Å². The predicted molar refractivity (Wildman–Crippen MR) is 158 cm³/mol. The summed E-state index contributed by atoms with van der Waals surface area (Å²) in [5, 5.41) is 79.7. The van der Waals surface area contributed by atoms with Gasteiger partial charge in [-0.25, -0.2) is 0 Å². The predicted octanol–water partition coefficient (Wildman–Crippen LogP) is -7.95. The SMILES string of the molecule is NCCC(O)CN[C@@H]1C[C@H](O)[C@@H](CN)O[C@@H]1OC1[C@@H](N)C[C@@H](NC(=O)C2(O)CC(N)C2)[C@H](O[C@H]2O[C@H](CO)[C@@H](O)[C@H](N)[C@H]2O)[C@H]1O. The van der Waals surface area contributed by atoms with Gasteiger partial charge < -0.3 is 94.0 Å². The van der Waals surface area contributed by atoms with Crippen LogP contribution in [0.25, 0.3) is 0 Å². The maximum atomic E-state index is 13.1. The number of aliphatic hydroxyl groups is 7. The fourth-order valence-corrected chi connectivity index (χ4v) is 6.55. The summed E-state index contributed by atoms with van der Waals surface area (Å²) in [6.45, 7) is -0.326. The van der Waals surface area contributed by atoms with E-state index < -0.39 is 110 Å². The van der Waals surface area contributed by atoms with E-state index in [1.165, 1.54) is 0 Å². The van der Waals surface area contributed by atoms with E-state index in [-0.39, 0.29) is 51.4 Å². The van der Waals surface area contributed by atoms with Crippen molar-refractivity contribution in [2.45, 2.75) is 135 Å². The van der Waals surface area contributed by atoms with Crippen LogP contribution >= 0.6 is 0 Å².